The molecule has 0 bridgehead atoms. The van der Waals surface area contributed by atoms with E-state index >= 15 is 0 Å². The second-order valence-corrected chi connectivity index (χ2v) is 9.23. The van der Waals surface area contributed by atoms with Gasteiger partial charge in [-0.2, -0.15) is 0 Å². The average molecular weight is 380 g/mol. The minimum atomic E-state index is -0.332. The maximum atomic E-state index is 13.6. The zero-order valence-corrected chi connectivity index (χ0v) is 18.0. The summed E-state index contributed by atoms with van der Waals surface area (Å²) in [5, 5.41) is 0. The molecule has 0 spiro atoms. The molecule has 2 aliphatic rings. The quantitative estimate of drug-likeness (QED) is 0.667. The molecule has 0 radical (unpaired) electrons. The summed E-state index contributed by atoms with van der Waals surface area (Å²) < 4.78 is 0. The number of hydrogen-bond donors (Lipinski definition) is 1. The highest BCUT2D eigenvalue weighted by atomic mass is 16.2. The Hall–Kier alpha value is -1.10. The summed E-state index contributed by atoms with van der Waals surface area (Å²) in [6.45, 7) is 8.33. The number of carbonyl (C=O) groups is 2. The number of primary amides is 1. The monoisotopic (exact) mass is 379 g/mol. The van der Waals surface area contributed by atoms with Crippen molar-refractivity contribution in [1.29, 1.82) is 0 Å². The molecule has 2 amide bonds. The van der Waals surface area contributed by atoms with Crippen molar-refractivity contribution in [1.82, 2.24) is 9.80 Å². The lowest BCUT2D eigenvalue weighted by Crippen LogP contribution is -2.51. The van der Waals surface area contributed by atoms with Gasteiger partial charge in [-0.25, -0.2) is 0 Å². The maximum absolute atomic E-state index is 13.6. The Bertz CT molecular complexity index is 494. The molecule has 5 heteroatoms. The Morgan fingerprint density at radius 2 is 1.74 bits per heavy atom. The van der Waals surface area contributed by atoms with Crippen molar-refractivity contribution in [3.05, 3.63) is 0 Å². The normalized spacial score (nSPS) is 26.3. The summed E-state index contributed by atoms with van der Waals surface area (Å²) in [5.74, 6) is -0.334. The molecule has 0 aliphatic carbocycles. The number of hydrogen-bond acceptors (Lipinski definition) is 3. The predicted molar refractivity (Wildman–Crippen MR) is 110 cm³/mol. The van der Waals surface area contributed by atoms with Gasteiger partial charge in [0.1, 0.15) is 0 Å². The summed E-state index contributed by atoms with van der Waals surface area (Å²) in [7, 11) is 2.21. The van der Waals surface area contributed by atoms with Crippen LogP contribution in [0.4, 0.5) is 0 Å². The average Bonchev–Trinajstić information content (AvgIpc) is 3.02. The fourth-order valence-electron chi connectivity index (χ4n) is 5.14. The summed E-state index contributed by atoms with van der Waals surface area (Å²) >= 11 is 0. The van der Waals surface area contributed by atoms with Crippen LogP contribution in [0.5, 0.6) is 0 Å². The number of nitrogens with zero attached hydrogens (tertiary/aromatic N) is 2. The second-order valence-electron chi connectivity index (χ2n) is 9.23. The molecule has 2 saturated heterocycles. The molecule has 2 fully saturated rings. The smallest absolute Gasteiger partial charge is 0.226 e. The van der Waals surface area contributed by atoms with E-state index in [9.17, 15) is 9.59 Å². The Morgan fingerprint density at radius 1 is 1.04 bits per heavy atom. The fourth-order valence-corrected chi connectivity index (χ4v) is 5.14. The van der Waals surface area contributed by atoms with E-state index in [1.165, 1.54) is 25.8 Å². The number of likely N-dealkylation sites (tertiary alicyclic amines) is 2. The first-order valence-electron chi connectivity index (χ1n) is 11.1. The van der Waals surface area contributed by atoms with Crippen LogP contribution >= 0.6 is 0 Å². The first-order valence-corrected chi connectivity index (χ1v) is 11.1. The molecule has 2 aliphatic heterocycles. The zero-order valence-electron chi connectivity index (χ0n) is 18.0. The first-order chi connectivity index (χ1) is 12.8. The van der Waals surface area contributed by atoms with E-state index in [0.29, 0.717) is 24.4 Å². The van der Waals surface area contributed by atoms with E-state index in [4.69, 9.17) is 5.73 Å². The fraction of sp³-hybridized carbons (Fsp3) is 0.909. The van der Waals surface area contributed by atoms with Crippen LogP contribution < -0.4 is 5.73 Å². The summed E-state index contributed by atoms with van der Waals surface area (Å²) in [4.78, 5) is 30.4. The minimum Gasteiger partial charge on any atom is -0.369 e. The number of piperidine rings is 1. The van der Waals surface area contributed by atoms with Crippen molar-refractivity contribution in [2.75, 3.05) is 20.1 Å². The lowest BCUT2D eigenvalue weighted by molar-refractivity contribution is -0.145. The lowest BCUT2D eigenvalue weighted by atomic mass is 9.80. The van der Waals surface area contributed by atoms with Crippen molar-refractivity contribution in [2.45, 2.75) is 90.6 Å². The third-order valence-corrected chi connectivity index (χ3v) is 6.62. The number of amides is 2. The Morgan fingerprint density at radius 3 is 2.30 bits per heavy atom. The molecule has 0 aromatic rings. The van der Waals surface area contributed by atoms with Crippen LogP contribution in [0.15, 0.2) is 0 Å². The molecule has 0 saturated carbocycles. The molecule has 156 valence electrons. The second kappa shape index (κ2) is 10.4. The third-order valence-electron chi connectivity index (χ3n) is 6.62. The van der Waals surface area contributed by atoms with Crippen molar-refractivity contribution >= 4 is 11.8 Å². The van der Waals surface area contributed by atoms with Gasteiger partial charge < -0.3 is 15.5 Å². The maximum Gasteiger partial charge on any atom is 0.226 e. The highest BCUT2D eigenvalue weighted by molar-refractivity contribution is 5.87. The van der Waals surface area contributed by atoms with Crippen LogP contribution in [-0.4, -0.2) is 53.8 Å². The van der Waals surface area contributed by atoms with Crippen molar-refractivity contribution in [3.63, 3.8) is 0 Å². The van der Waals surface area contributed by atoms with E-state index in [-0.39, 0.29) is 23.7 Å². The largest absolute Gasteiger partial charge is 0.369 e. The Labute approximate surface area is 166 Å². The van der Waals surface area contributed by atoms with Crippen LogP contribution in [0.25, 0.3) is 0 Å². The number of nitrogens with two attached hydrogens (primary N) is 1. The van der Waals surface area contributed by atoms with Gasteiger partial charge in [0.15, 0.2) is 0 Å². The van der Waals surface area contributed by atoms with E-state index in [1.807, 2.05) is 0 Å². The standard InChI is InChI=1S/C22H41N3O2/c1-5-9-19(21(23)26)20(14-16(2)3)22(27)25-13-7-6-10-18(25)15-17-11-8-12-24(17)4/h16-20H,5-15H2,1-4H3,(H2,23,26)/t17?,18-,19?,20?/m1/s1. The number of carbonyl (C=O) groups excluding carboxylic acids is 2. The molecule has 4 atom stereocenters. The van der Waals surface area contributed by atoms with Gasteiger partial charge in [-0.1, -0.05) is 27.2 Å². The molecule has 2 N–H and O–H groups in total. The Balaban J connectivity index is 2.17. The minimum absolute atomic E-state index is 0.186. The molecular formula is C22H41N3O2. The molecule has 2 rings (SSSR count). The van der Waals surface area contributed by atoms with E-state index in [2.05, 4.69) is 37.6 Å². The molecule has 5 nitrogen and oxygen atoms in total. The van der Waals surface area contributed by atoms with Crippen LogP contribution in [0.2, 0.25) is 0 Å². The molecule has 3 unspecified atom stereocenters. The van der Waals surface area contributed by atoms with Crippen molar-refractivity contribution < 1.29 is 9.59 Å². The number of rotatable bonds is 9. The van der Waals surface area contributed by atoms with Crippen LogP contribution in [0.3, 0.4) is 0 Å². The van der Waals surface area contributed by atoms with Crippen molar-refractivity contribution in [2.24, 2.45) is 23.5 Å². The van der Waals surface area contributed by atoms with Gasteiger partial charge in [0.05, 0.1) is 0 Å². The van der Waals surface area contributed by atoms with Gasteiger partial charge in [-0.3, -0.25) is 9.59 Å². The molecule has 0 aromatic heterocycles. The lowest BCUT2D eigenvalue weighted by Gasteiger charge is -2.41. The highest BCUT2D eigenvalue weighted by Crippen LogP contribution is 2.32. The van der Waals surface area contributed by atoms with Gasteiger partial charge in [-0.15, -0.1) is 0 Å². The summed E-state index contributed by atoms with van der Waals surface area (Å²) in [6, 6.07) is 0.913. The van der Waals surface area contributed by atoms with Crippen LogP contribution in [0.1, 0.15) is 78.6 Å². The first kappa shape index (κ1) is 22.2. The van der Waals surface area contributed by atoms with Gasteiger partial charge in [0, 0.05) is 30.5 Å². The van der Waals surface area contributed by atoms with Crippen LogP contribution in [0, 0.1) is 17.8 Å². The zero-order chi connectivity index (χ0) is 20.0. The molecule has 2 heterocycles. The molecule has 0 aromatic carbocycles. The van der Waals surface area contributed by atoms with Gasteiger partial charge in [0.2, 0.25) is 11.8 Å². The van der Waals surface area contributed by atoms with Gasteiger partial charge in [0.25, 0.3) is 0 Å². The van der Waals surface area contributed by atoms with Gasteiger partial charge in [-0.05, 0) is 70.9 Å². The Kier molecular flexibility index (Phi) is 8.59. The topological polar surface area (TPSA) is 66.6 Å². The van der Waals surface area contributed by atoms with Gasteiger partial charge >= 0.3 is 0 Å². The van der Waals surface area contributed by atoms with E-state index in [1.54, 1.807) is 0 Å². The predicted octanol–water partition coefficient (Wildman–Crippen LogP) is 3.42. The summed E-state index contributed by atoms with van der Waals surface area (Å²) in [6.07, 6.45) is 9.29. The SMILES string of the molecule is CCCC(C(N)=O)C(CC(C)C)C(=O)N1CCCC[C@@H]1CC1CCCN1C. The summed E-state index contributed by atoms with van der Waals surface area (Å²) in [5.41, 5.74) is 5.74. The van der Waals surface area contributed by atoms with E-state index < -0.39 is 0 Å². The van der Waals surface area contributed by atoms with E-state index in [0.717, 1.165) is 38.6 Å². The third kappa shape index (κ3) is 5.94. The highest BCUT2D eigenvalue weighted by Gasteiger charge is 2.39. The molecular weight excluding hydrogens is 338 g/mol. The van der Waals surface area contributed by atoms with Crippen LogP contribution in [-0.2, 0) is 9.59 Å². The van der Waals surface area contributed by atoms with Crippen molar-refractivity contribution in [3.8, 4) is 0 Å². The molecule has 27 heavy (non-hydrogen) atoms.